The first-order valence-corrected chi connectivity index (χ1v) is 31.3. The normalized spacial score (nSPS) is 16.1. The number of benzene rings is 12. The average Bonchev–Trinajstić information content (AvgIpc) is 3.98. The van der Waals surface area contributed by atoms with E-state index in [0.717, 1.165) is 6.42 Å². The van der Waals surface area contributed by atoms with Crippen LogP contribution in [0.15, 0.2) is 279 Å². The van der Waals surface area contributed by atoms with Crippen molar-refractivity contribution >= 4 is 103 Å². The fraction of sp³-hybridized carbons (Fsp3) is 0.0617. The lowest BCUT2D eigenvalue weighted by molar-refractivity contribution is 0.747. The molecule has 3 atom stereocenters. The number of hydrogen-bond acceptors (Lipinski definition) is 3. The molecule has 0 N–H and O–H groups in total. The Labute approximate surface area is 501 Å². The van der Waals surface area contributed by atoms with Crippen LogP contribution >= 0.6 is 22.7 Å². The summed E-state index contributed by atoms with van der Waals surface area (Å²) in [6, 6.07) is 98.6. The van der Waals surface area contributed by atoms with Gasteiger partial charge in [-0.2, -0.15) is 0 Å². The Morgan fingerprint density at radius 3 is 1.80 bits per heavy atom. The molecule has 1 aliphatic heterocycles. The van der Waals surface area contributed by atoms with Gasteiger partial charge < -0.3 is 9.47 Å². The number of aryl methyl sites for hydroxylation is 1. The highest BCUT2D eigenvalue weighted by atomic mass is 32.1. The second kappa shape index (κ2) is 19.1. The molecule has 4 heteroatoms. The summed E-state index contributed by atoms with van der Waals surface area (Å²) in [5, 5.41) is 10.2. The van der Waals surface area contributed by atoms with Crippen LogP contribution in [0.3, 0.4) is 0 Å². The summed E-state index contributed by atoms with van der Waals surface area (Å²) in [5.74, 6) is 0.363. The third-order valence-electron chi connectivity index (χ3n) is 18.7. The third-order valence-corrected chi connectivity index (χ3v) is 21.1. The van der Waals surface area contributed by atoms with Crippen molar-refractivity contribution in [2.45, 2.75) is 31.2 Å². The third kappa shape index (κ3) is 7.69. The molecule has 15 aromatic rings. The minimum Gasteiger partial charge on any atom is -0.333 e. The number of aromatic nitrogens is 1. The molecule has 400 valence electrons. The van der Waals surface area contributed by atoms with Gasteiger partial charge in [0.05, 0.1) is 17.1 Å². The van der Waals surface area contributed by atoms with Crippen molar-refractivity contribution in [3.63, 3.8) is 0 Å². The van der Waals surface area contributed by atoms with E-state index in [-0.39, 0.29) is 17.9 Å². The van der Waals surface area contributed by atoms with Crippen LogP contribution in [-0.4, -0.2) is 10.6 Å². The summed E-state index contributed by atoms with van der Waals surface area (Å²) < 4.78 is 5.02. The van der Waals surface area contributed by atoms with Gasteiger partial charge in [-0.3, -0.25) is 0 Å². The minimum atomic E-state index is 0.0790. The standard InChI is InChI=1S/C81H54N2S2/c1-49-28-34-61(35-29-49)83-74-38-32-58(80-78(70-40-51-18-8-10-20-53(51)47-76(70)84-80)56-30-36-63-65(50-16-4-2-5-17-50)42-55-22-12-13-25-62(55)66(63)43-56)45-68(74)69-46-59(33-39-75(69)83)81-79(71-41-52-19-9-11-21-54(52)48-77(71)85-81)57-31-37-73-67(44-57)64-26-14-15-27-72(64)82(73)60-23-6-3-7-24-60/h2-41,43-48,65,69,75H,42H2,1H3. The van der Waals surface area contributed by atoms with Crippen LogP contribution in [0.25, 0.3) is 119 Å². The average molecular weight is 1120 g/mol. The van der Waals surface area contributed by atoms with E-state index in [2.05, 4.69) is 295 Å². The first-order chi connectivity index (χ1) is 42.0. The lowest BCUT2D eigenvalue weighted by Crippen LogP contribution is -2.28. The molecular weight excluding hydrogens is 1070 g/mol. The van der Waals surface area contributed by atoms with Crippen LogP contribution in [0.5, 0.6) is 0 Å². The van der Waals surface area contributed by atoms with Gasteiger partial charge in [-0.1, -0.05) is 200 Å². The number of nitrogens with zero attached hydrogens (tertiary/aromatic N) is 2. The fourth-order valence-electron chi connectivity index (χ4n) is 14.8. The number of allylic oxidation sites excluding steroid dienone is 2. The van der Waals surface area contributed by atoms with E-state index in [1.165, 1.54) is 163 Å². The van der Waals surface area contributed by atoms with Gasteiger partial charge in [0.1, 0.15) is 0 Å². The summed E-state index contributed by atoms with van der Waals surface area (Å²) in [5.41, 5.74) is 23.2. The van der Waals surface area contributed by atoms with Crippen molar-refractivity contribution in [3.8, 4) is 49.5 Å². The van der Waals surface area contributed by atoms with Crippen LogP contribution in [0.1, 0.15) is 44.5 Å². The molecule has 18 rings (SSSR count). The summed E-state index contributed by atoms with van der Waals surface area (Å²) >= 11 is 3.88. The maximum Gasteiger partial charge on any atom is 0.0630 e. The number of fused-ring (bicyclic) bond motifs is 13. The van der Waals surface area contributed by atoms with Crippen LogP contribution in [-0.2, 0) is 6.42 Å². The molecular formula is C81H54N2S2. The van der Waals surface area contributed by atoms with E-state index in [1.807, 2.05) is 22.7 Å². The SMILES string of the molecule is Cc1ccc(N2c3ccc(-c4sc5cc6ccccc6cc5c4-c4ccc5c(c4)-c4ccccc4CC5c4ccccc4)cc3C3C=C(c4sc5cc6ccccc6cc5c4-c4ccc5c(c4)c4ccccc4n5-c4ccccc4)C=CC32)cc1. The predicted octanol–water partition coefficient (Wildman–Crippen LogP) is 22.4. The zero-order chi connectivity index (χ0) is 55.9. The Bertz CT molecular complexity index is 5310. The molecule has 0 fully saturated rings. The highest BCUT2D eigenvalue weighted by molar-refractivity contribution is 7.23. The van der Waals surface area contributed by atoms with E-state index in [4.69, 9.17) is 0 Å². The van der Waals surface area contributed by atoms with Gasteiger partial charge >= 0.3 is 0 Å². The summed E-state index contributed by atoms with van der Waals surface area (Å²) in [6.45, 7) is 2.19. The molecule has 0 radical (unpaired) electrons. The smallest absolute Gasteiger partial charge is 0.0630 e. The van der Waals surface area contributed by atoms with Crippen LogP contribution < -0.4 is 4.90 Å². The van der Waals surface area contributed by atoms with Crippen LogP contribution in [0.2, 0.25) is 0 Å². The number of anilines is 2. The molecule has 3 aromatic heterocycles. The number of para-hydroxylation sites is 2. The van der Waals surface area contributed by atoms with Crippen molar-refractivity contribution in [1.82, 2.24) is 4.57 Å². The van der Waals surface area contributed by atoms with Gasteiger partial charge in [0.15, 0.2) is 0 Å². The zero-order valence-electron chi connectivity index (χ0n) is 46.7. The molecule has 2 aliphatic carbocycles. The number of hydrogen-bond donors (Lipinski definition) is 0. The maximum atomic E-state index is 2.62. The van der Waals surface area contributed by atoms with Crippen molar-refractivity contribution < 1.29 is 0 Å². The van der Waals surface area contributed by atoms with E-state index in [1.54, 1.807) is 0 Å². The maximum absolute atomic E-state index is 2.62. The largest absolute Gasteiger partial charge is 0.333 e. The van der Waals surface area contributed by atoms with Crippen molar-refractivity contribution in [2.24, 2.45) is 0 Å². The highest BCUT2D eigenvalue weighted by Gasteiger charge is 2.40. The number of rotatable bonds is 7. The van der Waals surface area contributed by atoms with E-state index in [0.29, 0.717) is 0 Å². The molecule has 12 aromatic carbocycles. The molecule has 0 saturated heterocycles. The van der Waals surface area contributed by atoms with Crippen LogP contribution in [0.4, 0.5) is 11.4 Å². The number of thiophene rings is 2. The van der Waals surface area contributed by atoms with E-state index in [9.17, 15) is 0 Å². The van der Waals surface area contributed by atoms with Crippen molar-refractivity contribution in [3.05, 3.63) is 312 Å². The topological polar surface area (TPSA) is 8.17 Å². The lowest BCUT2D eigenvalue weighted by Gasteiger charge is -2.30. The second-order valence-corrected chi connectivity index (χ2v) is 25.6. The molecule has 0 saturated carbocycles. The molecule has 0 amide bonds. The van der Waals surface area contributed by atoms with Gasteiger partial charge in [-0.15, -0.1) is 22.7 Å². The van der Waals surface area contributed by atoms with Crippen molar-refractivity contribution in [1.29, 1.82) is 0 Å². The lowest BCUT2D eigenvalue weighted by atomic mass is 9.75. The minimum absolute atomic E-state index is 0.0790. The monoisotopic (exact) mass is 1120 g/mol. The Kier molecular flexibility index (Phi) is 10.9. The molecule has 3 aliphatic rings. The molecule has 85 heavy (non-hydrogen) atoms. The molecule has 0 spiro atoms. The van der Waals surface area contributed by atoms with Gasteiger partial charge in [0, 0.05) is 80.7 Å². The summed E-state index contributed by atoms with van der Waals surface area (Å²) in [7, 11) is 0. The first kappa shape index (κ1) is 48.7. The van der Waals surface area contributed by atoms with E-state index >= 15 is 0 Å². The van der Waals surface area contributed by atoms with Crippen molar-refractivity contribution in [2.75, 3.05) is 4.90 Å². The molecule has 4 heterocycles. The Morgan fingerprint density at radius 1 is 0.424 bits per heavy atom. The predicted molar refractivity (Wildman–Crippen MR) is 364 cm³/mol. The highest BCUT2D eigenvalue weighted by Crippen LogP contribution is 2.56. The van der Waals surface area contributed by atoms with Gasteiger partial charge in [0.2, 0.25) is 0 Å². The zero-order valence-corrected chi connectivity index (χ0v) is 48.3. The first-order valence-electron chi connectivity index (χ1n) is 29.7. The van der Waals surface area contributed by atoms with Gasteiger partial charge in [-0.05, 0) is 175 Å². The fourth-order valence-corrected chi connectivity index (χ4v) is 17.3. The molecule has 2 nitrogen and oxygen atoms in total. The van der Waals surface area contributed by atoms with Crippen LogP contribution in [0, 0.1) is 6.92 Å². The second-order valence-electron chi connectivity index (χ2n) is 23.5. The Hall–Kier alpha value is -9.84. The summed E-state index contributed by atoms with van der Waals surface area (Å²) in [6.07, 6.45) is 8.56. The molecule has 0 bridgehead atoms. The Balaban J connectivity index is 0.831. The Morgan fingerprint density at radius 2 is 1.04 bits per heavy atom. The quantitative estimate of drug-likeness (QED) is 0.154. The van der Waals surface area contributed by atoms with Gasteiger partial charge in [-0.25, -0.2) is 0 Å². The van der Waals surface area contributed by atoms with Gasteiger partial charge in [0.25, 0.3) is 0 Å². The van der Waals surface area contributed by atoms with E-state index < -0.39 is 0 Å². The molecule has 3 unspecified atom stereocenters. The summed E-state index contributed by atoms with van der Waals surface area (Å²) in [4.78, 5) is 5.21.